The highest BCUT2D eigenvalue weighted by molar-refractivity contribution is 5.94. The topological polar surface area (TPSA) is 38.3 Å². The summed E-state index contributed by atoms with van der Waals surface area (Å²) in [6.07, 6.45) is 6.11. The van der Waals surface area contributed by atoms with E-state index in [0.29, 0.717) is 12.2 Å². The fourth-order valence-corrected chi connectivity index (χ4v) is 2.30. The summed E-state index contributed by atoms with van der Waals surface area (Å²) in [4.78, 5) is 12.0. The van der Waals surface area contributed by atoms with Crippen molar-refractivity contribution in [1.82, 2.24) is 5.32 Å². The van der Waals surface area contributed by atoms with Crippen LogP contribution in [0.1, 0.15) is 61.9 Å². The van der Waals surface area contributed by atoms with E-state index in [-0.39, 0.29) is 5.91 Å². The lowest BCUT2D eigenvalue weighted by Crippen LogP contribution is -2.24. The van der Waals surface area contributed by atoms with Crippen LogP contribution in [-0.2, 0) is 11.3 Å². The molecule has 21 heavy (non-hydrogen) atoms. The Bertz CT molecular complexity index is 415. The molecule has 1 N–H and O–H groups in total. The Morgan fingerprint density at radius 3 is 2.67 bits per heavy atom. The van der Waals surface area contributed by atoms with Crippen molar-refractivity contribution in [1.29, 1.82) is 0 Å². The Morgan fingerprint density at radius 1 is 1.19 bits per heavy atom. The van der Waals surface area contributed by atoms with E-state index in [2.05, 4.69) is 19.2 Å². The molecule has 1 aromatic carbocycles. The maximum absolute atomic E-state index is 12.0. The van der Waals surface area contributed by atoms with Gasteiger partial charge >= 0.3 is 0 Å². The van der Waals surface area contributed by atoms with E-state index < -0.39 is 0 Å². The number of ether oxygens (including phenoxy) is 1. The van der Waals surface area contributed by atoms with E-state index in [1.54, 1.807) is 7.11 Å². The van der Waals surface area contributed by atoms with Crippen LogP contribution in [0.25, 0.3) is 0 Å². The summed E-state index contributed by atoms with van der Waals surface area (Å²) < 4.78 is 5.08. The minimum atomic E-state index is 0.00938. The molecule has 0 heterocycles. The molecule has 0 unspecified atom stereocenters. The Balaban J connectivity index is 2.20. The molecule has 0 aliphatic carbocycles. The fourth-order valence-electron chi connectivity index (χ4n) is 2.30. The third-order valence-electron chi connectivity index (χ3n) is 3.49. The molecule has 0 atom stereocenters. The Morgan fingerprint density at radius 2 is 1.95 bits per heavy atom. The van der Waals surface area contributed by atoms with Gasteiger partial charge in [-0.25, -0.2) is 0 Å². The van der Waals surface area contributed by atoms with E-state index in [9.17, 15) is 4.79 Å². The highest BCUT2D eigenvalue weighted by Crippen LogP contribution is 2.09. The largest absolute Gasteiger partial charge is 0.380 e. The number of nitrogens with one attached hydrogen (secondary N) is 1. The minimum absolute atomic E-state index is 0.00938. The predicted octanol–water partition coefficient (Wildman–Crippen LogP) is 4.17. The van der Waals surface area contributed by atoms with Gasteiger partial charge in [0.05, 0.1) is 6.61 Å². The zero-order valence-corrected chi connectivity index (χ0v) is 13.7. The third-order valence-corrected chi connectivity index (χ3v) is 3.49. The van der Waals surface area contributed by atoms with Gasteiger partial charge in [-0.15, -0.1) is 0 Å². The molecule has 0 radical (unpaired) electrons. The first kappa shape index (κ1) is 17.7. The molecule has 118 valence electrons. The number of benzene rings is 1. The number of rotatable bonds is 10. The molecule has 0 aromatic heterocycles. The first-order valence-corrected chi connectivity index (χ1v) is 7.99. The number of methoxy groups -OCH3 is 1. The molecule has 1 rings (SSSR count). The molecule has 1 amide bonds. The number of carbonyl (C=O) groups excluding carboxylic acids is 1. The SMILES string of the molecule is COCc1cccc(C(=O)NCCCCCCC(C)C)c1. The van der Waals surface area contributed by atoms with Crippen molar-refractivity contribution in [3.05, 3.63) is 35.4 Å². The van der Waals surface area contributed by atoms with Crippen LogP contribution in [0.4, 0.5) is 0 Å². The molecule has 0 saturated carbocycles. The molecule has 0 aliphatic rings. The zero-order valence-electron chi connectivity index (χ0n) is 13.7. The fraction of sp³-hybridized carbons (Fsp3) is 0.611. The first-order chi connectivity index (χ1) is 10.1. The van der Waals surface area contributed by atoms with E-state index >= 15 is 0 Å². The zero-order chi connectivity index (χ0) is 15.5. The second-order valence-electron chi connectivity index (χ2n) is 5.99. The van der Waals surface area contributed by atoms with Gasteiger partial charge in [0.1, 0.15) is 0 Å². The highest BCUT2D eigenvalue weighted by atomic mass is 16.5. The van der Waals surface area contributed by atoms with Crippen molar-refractivity contribution >= 4 is 5.91 Å². The molecule has 0 bridgehead atoms. The molecule has 3 nitrogen and oxygen atoms in total. The summed E-state index contributed by atoms with van der Waals surface area (Å²) in [5.74, 6) is 0.805. The maximum Gasteiger partial charge on any atom is 0.251 e. The molecule has 0 aliphatic heterocycles. The van der Waals surface area contributed by atoms with Gasteiger partial charge in [0.2, 0.25) is 0 Å². The van der Waals surface area contributed by atoms with Gasteiger partial charge in [-0.2, -0.15) is 0 Å². The van der Waals surface area contributed by atoms with Gasteiger partial charge in [-0.3, -0.25) is 4.79 Å². The van der Waals surface area contributed by atoms with Crippen LogP contribution >= 0.6 is 0 Å². The number of unbranched alkanes of at least 4 members (excludes halogenated alkanes) is 3. The lowest BCUT2D eigenvalue weighted by Gasteiger charge is -2.07. The second-order valence-corrected chi connectivity index (χ2v) is 5.99. The third kappa shape index (κ3) is 7.86. The van der Waals surface area contributed by atoms with Gasteiger partial charge in [0.15, 0.2) is 0 Å². The number of amides is 1. The van der Waals surface area contributed by atoms with Crippen molar-refractivity contribution in [3.8, 4) is 0 Å². The van der Waals surface area contributed by atoms with Gasteiger partial charge in [-0.1, -0.05) is 51.7 Å². The summed E-state index contributed by atoms with van der Waals surface area (Å²) in [7, 11) is 1.66. The van der Waals surface area contributed by atoms with Crippen LogP contribution in [0.3, 0.4) is 0 Å². The van der Waals surface area contributed by atoms with Crippen molar-refractivity contribution in [2.24, 2.45) is 5.92 Å². The summed E-state index contributed by atoms with van der Waals surface area (Å²) in [5, 5.41) is 2.99. The van der Waals surface area contributed by atoms with E-state index in [0.717, 1.165) is 24.4 Å². The van der Waals surface area contributed by atoms with E-state index in [1.165, 1.54) is 25.7 Å². The molecule has 1 aromatic rings. The quantitative estimate of drug-likeness (QED) is 0.657. The van der Waals surface area contributed by atoms with Crippen molar-refractivity contribution in [3.63, 3.8) is 0 Å². The average molecular weight is 291 g/mol. The Labute approximate surface area is 129 Å². The normalized spacial score (nSPS) is 10.9. The van der Waals surface area contributed by atoms with Crippen LogP contribution in [0.15, 0.2) is 24.3 Å². The number of carbonyl (C=O) groups is 1. The van der Waals surface area contributed by atoms with Crippen molar-refractivity contribution in [2.45, 2.75) is 52.6 Å². The van der Waals surface area contributed by atoms with Crippen LogP contribution < -0.4 is 5.32 Å². The monoisotopic (exact) mass is 291 g/mol. The lowest BCUT2D eigenvalue weighted by atomic mass is 10.0. The lowest BCUT2D eigenvalue weighted by molar-refractivity contribution is 0.0952. The van der Waals surface area contributed by atoms with Crippen LogP contribution in [0.5, 0.6) is 0 Å². The predicted molar refractivity (Wildman–Crippen MR) is 87.4 cm³/mol. The van der Waals surface area contributed by atoms with Crippen LogP contribution in [-0.4, -0.2) is 19.6 Å². The minimum Gasteiger partial charge on any atom is -0.380 e. The standard InChI is InChI=1S/C18H29NO2/c1-15(2)9-6-4-5-7-12-19-18(20)17-11-8-10-16(13-17)14-21-3/h8,10-11,13,15H,4-7,9,12,14H2,1-3H3,(H,19,20). The van der Waals surface area contributed by atoms with Gasteiger partial charge in [0.25, 0.3) is 5.91 Å². The summed E-state index contributed by atoms with van der Waals surface area (Å²) in [6.45, 7) is 5.82. The second kappa shape index (κ2) is 10.4. The van der Waals surface area contributed by atoms with Gasteiger partial charge < -0.3 is 10.1 Å². The van der Waals surface area contributed by atoms with Crippen molar-refractivity contribution in [2.75, 3.05) is 13.7 Å². The van der Waals surface area contributed by atoms with Crippen LogP contribution in [0, 0.1) is 5.92 Å². The Kier molecular flexibility index (Phi) is 8.76. The molecular weight excluding hydrogens is 262 g/mol. The van der Waals surface area contributed by atoms with E-state index in [4.69, 9.17) is 4.74 Å². The highest BCUT2D eigenvalue weighted by Gasteiger charge is 2.05. The Hall–Kier alpha value is -1.35. The summed E-state index contributed by atoms with van der Waals surface area (Å²) in [5.41, 5.74) is 1.74. The summed E-state index contributed by atoms with van der Waals surface area (Å²) in [6, 6.07) is 7.60. The van der Waals surface area contributed by atoms with E-state index in [1.807, 2.05) is 24.3 Å². The van der Waals surface area contributed by atoms with Crippen molar-refractivity contribution < 1.29 is 9.53 Å². The maximum atomic E-state index is 12.0. The number of hydrogen-bond acceptors (Lipinski definition) is 2. The molecule has 3 heteroatoms. The number of hydrogen-bond donors (Lipinski definition) is 1. The molecular formula is C18H29NO2. The first-order valence-electron chi connectivity index (χ1n) is 7.99. The molecule has 0 fully saturated rings. The van der Waals surface area contributed by atoms with Gasteiger partial charge in [-0.05, 0) is 30.0 Å². The van der Waals surface area contributed by atoms with Crippen LogP contribution in [0.2, 0.25) is 0 Å². The molecule has 0 saturated heterocycles. The van der Waals surface area contributed by atoms with Gasteiger partial charge in [0, 0.05) is 19.2 Å². The molecule has 0 spiro atoms. The smallest absolute Gasteiger partial charge is 0.251 e. The average Bonchev–Trinajstić information content (AvgIpc) is 2.46. The summed E-state index contributed by atoms with van der Waals surface area (Å²) >= 11 is 0.